The van der Waals surface area contributed by atoms with Crippen molar-refractivity contribution in [1.29, 1.82) is 0 Å². The molecule has 0 spiro atoms. The second-order valence-corrected chi connectivity index (χ2v) is 6.20. The standard InChI is InChI=1S/C17H20N2O4/c20-15-7-4-8-19(15)10-14(11-5-2-1-3-6-11)18-16(21)12-9-13(12)17(22)23/h1-3,5-6,12-14H,4,7-10H2,(H,18,21)(H,22,23)/t12-,13-,14-/m1/s1. The number of hydrogen-bond donors (Lipinski definition) is 2. The first-order chi connectivity index (χ1) is 11.1. The first kappa shape index (κ1) is 15.5. The number of hydrogen-bond acceptors (Lipinski definition) is 3. The van der Waals surface area contributed by atoms with Gasteiger partial charge in [-0.05, 0) is 18.4 Å². The number of benzene rings is 1. The SMILES string of the molecule is O=C(O)[C@@H]1C[C@H]1C(=O)N[C@H](CN1CCCC1=O)c1ccccc1. The van der Waals surface area contributed by atoms with Gasteiger partial charge >= 0.3 is 5.97 Å². The van der Waals surface area contributed by atoms with Crippen molar-refractivity contribution in [1.82, 2.24) is 10.2 Å². The Kier molecular flexibility index (Phi) is 4.32. The fraction of sp³-hybridized carbons (Fsp3) is 0.471. The van der Waals surface area contributed by atoms with Gasteiger partial charge in [0.15, 0.2) is 0 Å². The highest BCUT2D eigenvalue weighted by Gasteiger charge is 2.48. The smallest absolute Gasteiger partial charge is 0.307 e. The monoisotopic (exact) mass is 316 g/mol. The summed E-state index contributed by atoms with van der Waals surface area (Å²) in [6, 6.07) is 9.18. The molecule has 0 aromatic heterocycles. The molecule has 1 aromatic rings. The quantitative estimate of drug-likeness (QED) is 0.825. The molecule has 1 aliphatic heterocycles. The van der Waals surface area contributed by atoms with Gasteiger partial charge in [0, 0.05) is 19.5 Å². The minimum absolute atomic E-state index is 0.106. The van der Waals surface area contributed by atoms with Crippen LogP contribution < -0.4 is 5.32 Å². The lowest BCUT2D eigenvalue weighted by molar-refractivity contribution is -0.140. The molecule has 6 nitrogen and oxygen atoms in total. The molecule has 1 saturated heterocycles. The highest BCUT2D eigenvalue weighted by atomic mass is 16.4. The first-order valence-electron chi connectivity index (χ1n) is 7.92. The van der Waals surface area contributed by atoms with Gasteiger partial charge in [-0.15, -0.1) is 0 Å². The van der Waals surface area contributed by atoms with E-state index in [-0.39, 0.29) is 17.9 Å². The van der Waals surface area contributed by atoms with Crippen molar-refractivity contribution in [2.24, 2.45) is 11.8 Å². The van der Waals surface area contributed by atoms with E-state index < -0.39 is 17.8 Å². The Morgan fingerprint density at radius 3 is 2.57 bits per heavy atom. The van der Waals surface area contributed by atoms with E-state index in [0.717, 1.165) is 12.0 Å². The van der Waals surface area contributed by atoms with Crippen LogP contribution >= 0.6 is 0 Å². The van der Waals surface area contributed by atoms with Crippen molar-refractivity contribution in [2.75, 3.05) is 13.1 Å². The largest absolute Gasteiger partial charge is 0.481 e. The summed E-state index contributed by atoms with van der Waals surface area (Å²) >= 11 is 0. The van der Waals surface area contributed by atoms with E-state index in [1.165, 1.54) is 0 Å². The van der Waals surface area contributed by atoms with Gasteiger partial charge in [0.1, 0.15) is 0 Å². The minimum atomic E-state index is -0.920. The molecule has 2 aliphatic rings. The van der Waals surface area contributed by atoms with E-state index in [9.17, 15) is 14.4 Å². The van der Waals surface area contributed by atoms with Crippen LogP contribution in [0.5, 0.6) is 0 Å². The maximum atomic E-state index is 12.3. The molecule has 23 heavy (non-hydrogen) atoms. The predicted octanol–water partition coefficient (Wildman–Crippen LogP) is 1.19. The fourth-order valence-electron chi connectivity index (χ4n) is 3.07. The summed E-state index contributed by atoms with van der Waals surface area (Å²) in [6.07, 6.45) is 1.79. The van der Waals surface area contributed by atoms with E-state index >= 15 is 0 Å². The molecule has 2 amide bonds. The molecule has 2 fully saturated rings. The van der Waals surface area contributed by atoms with E-state index in [1.54, 1.807) is 4.90 Å². The van der Waals surface area contributed by atoms with E-state index in [2.05, 4.69) is 5.32 Å². The number of carboxylic acids is 1. The van der Waals surface area contributed by atoms with Crippen molar-refractivity contribution in [2.45, 2.75) is 25.3 Å². The second-order valence-electron chi connectivity index (χ2n) is 6.20. The summed E-state index contributed by atoms with van der Waals surface area (Å²) < 4.78 is 0. The van der Waals surface area contributed by atoms with Crippen LogP contribution in [0.15, 0.2) is 30.3 Å². The van der Waals surface area contributed by atoms with Crippen molar-refractivity contribution in [3.63, 3.8) is 0 Å². The number of carboxylic acid groups (broad SMARTS) is 1. The van der Waals surface area contributed by atoms with Crippen molar-refractivity contribution in [3.05, 3.63) is 35.9 Å². The van der Waals surface area contributed by atoms with Crippen molar-refractivity contribution >= 4 is 17.8 Å². The van der Waals surface area contributed by atoms with Crippen molar-refractivity contribution in [3.8, 4) is 0 Å². The summed E-state index contributed by atoms with van der Waals surface area (Å²) in [5.74, 6) is -2.07. The maximum absolute atomic E-state index is 12.3. The number of amides is 2. The average Bonchev–Trinajstić information content (AvgIpc) is 3.26. The van der Waals surface area contributed by atoms with Crippen LogP contribution in [0.2, 0.25) is 0 Å². The van der Waals surface area contributed by atoms with E-state index in [4.69, 9.17) is 5.11 Å². The van der Waals surface area contributed by atoms with Gasteiger partial charge in [-0.3, -0.25) is 14.4 Å². The summed E-state index contributed by atoms with van der Waals surface area (Å²) in [4.78, 5) is 36.8. The summed E-state index contributed by atoms with van der Waals surface area (Å²) in [5.41, 5.74) is 0.924. The highest BCUT2D eigenvalue weighted by Crippen LogP contribution is 2.39. The predicted molar refractivity (Wildman–Crippen MR) is 82.4 cm³/mol. The van der Waals surface area contributed by atoms with Crippen LogP contribution in [0, 0.1) is 11.8 Å². The van der Waals surface area contributed by atoms with Crippen LogP contribution in [0.4, 0.5) is 0 Å². The Morgan fingerprint density at radius 1 is 1.26 bits per heavy atom. The number of nitrogens with zero attached hydrogens (tertiary/aromatic N) is 1. The Morgan fingerprint density at radius 2 is 2.00 bits per heavy atom. The van der Waals surface area contributed by atoms with Gasteiger partial charge in [0.05, 0.1) is 17.9 Å². The molecule has 1 aromatic carbocycles. The Bertz CT molecular complexity index is 616. The lowest BCUT2D eigenvalue weighted by Crippen LogP contribution is -2.39. The second kappa shape index (κ2) is 6.40. The summed E-state index contributed by atoms with van der Waals surface area (Å²) in [7, 11) is 0. The third-order valence-corrected chi connectivity index (χ3v) is 4.54. The molecular weight excluding hydrogens is 296 g/mol. The molecule has 3 atom stereocenters. The lowest BCUT2D eigenvalue weighted by atomic mass is 10.1. The molecule has 1 saturated carbocycles. The maximum Gasteiger partial charge on any atom is 0.307 e. The van der Waals surface area contributed by atoms with Crippen LogP contribution in [0.25, 0.3) is 0 Å². The number of likely N-dealkylation sites (tertiary alicyclic amines) is 1. The lowest BCUT2D eigenvalue weighted by Gasteiger charge is -2.25. The van der Waals surface area contributed by atoms with Gasteiger partial charge in [0.25, 0.3) is 0 Å². The van der Waals surface area contributed by atoms with Gasteiger partial charge < -0.3 is 15.3 Å². The zero-order chi connectivity index (χ0) is 16.4. The number of nitrogens with one attached hydrogen (secondary N) is 1. The number of carbonyl (C=O) groups excluding carboxylic acids is 2. The Balaban J connectivity index is 1.69. The van der Waals surface area contributed by atoms with Crippen LogP contribution in [-0.2, 0) is 14.4 Å². The molecule has 1 heterocycles. The molecule has 0 unspecified atom stereocenters. The molecular formula is C17H20N2O4. The van der Waals surface area contributed by atoms with E-state index in [1.807, 2.05) is 30.3 Å². The molecule has 3 rings (SSSR count). The molecule has 0 bridgehead atoms. The van der Waals surface area contributed by atoms with Gasteiger partial charge in [-0.1, -0.05) is 30.3 Å². The first-order valence-corrected chi connectivity index (χ1v) is 7.92. The molecule has 0 radical (unpaired) electrons. The topological polar surface area (TPSA) is 86.7 Å². The Labute approximate surface area is 134 Å². The van der Waals surface area contributed by atoms with Crippen LogP contribution in [0.1, 0.15) is 30.9 Å². The Hall–Kier alpha value is -2.37. The molecule has 2 N–H and O–H groups in total. The van der Waals surface area contributed by atoms with Gasteiger partial charge in [-0.2, -0.15) is 0 Å². The molecule has 122 valence electrons. The highest BCUT2D eigenvalue weighted by molar-refractivity contribution is 5.89. The third kappa shape index (κ3) is 3.52. The van der Waals surface area contributed by atoms with Crippen LogP contribution in [0.3, 0.4) is 0 Å². The normalized spacial score (nSPS) is 24.3. The number of carbonyl (C=O) groups is 3. The zero-order valence-electron chi connectivity index (χ0n) is 12.8. The zero-order valence-corrected chi connectivity index (χ0v) is 12.8. The summed E-state index contributed by atoms with van der Waals surface area (Å²) in [5, 5.41) is 11.9. The van der Waals surface area contributed by atoms with E-state index in [0.29, 0.717) is 25.9 Å². The molecule has 6 heteroatoms. The van der Waals surface area contributed by atoms with Crippen molar-refractivity contribution < 1.29 is 19.5 Å². The number of aliphatic carboxylic acids is 1. The molecule has 1 aliphatic carbocycles. The average molecular weight is 316 g/mol. The van der Waals surface area contributed by atoms with Gasteiger partial charge in [0.2, 0.25) is 11.8 Å². The van der Waals surface area contributed by atoms with Gasteiger partial charge in [-0.25, -0.2) is 0 Å². The summed E-state index contributed by atoms with van der Waals surface area (Å²) in [6.45, 7) is 1.14. The fourth-order valence-corrected chi connectivity index (χ4v) is 3.07. The van der Waals surface area contributed by atoms with Crippen LogP contribution in [-0.4, -0.2) is 40.9 Å². The third-order valence-electron chi connectivity index (χ3n) is 4.54. The minimum Gasteiger partial charge on any atom is -0.481 e. The number of rotatable bonds is 6.